The van der Waals surface area contributed by atoms with Crippen molar-refractivity contribution in [2.45, 2.75) is 25.3 Å². The van der Waals surface area contributed by atoms with Gasteiger partial charge in [0.15, 0.2) is 0 Å². The first-order valence-corrected chi connectivity index (χ1v) is 8.63. The van der Waals surface area contributed by atoms with Crippen LogP contribution in [0.2, 0.25) is 0 Å². The van der Waals surface area contributed by atoms with Gasteiger partial charge >= 0.3 is 0 Å². The van der Waals surface area contributed by atoms with E-state index < -0.39 is 11.6 Å². The Morgan fingerprint density at radius 3 is 2.35 bits per heavy atom. The fourth-order valence-corrected chi connectivity index (χ4v) is 3.35. The number of hydrogen-bond donors (Lipinski definition) is 0. The van der Waals surface area contributed by atoms with Gasteiger partial charge in [-0.05, 0) is 39.1 Å². The van der Waals surface area contributed by atoms with E-state index >= 15 is 0 Å². The first-order chi connectivity index (χ1) is 12.3. The molecule has 3 rings (SSSR count). The molecule has 2 aromatic rings. The molecular formula is C18H23F2N5O. The number of halogens is 2. The standard InChI is InChI=1S/C18H23F2N5O/c1-23(2)11-16-21-22-17(24(16)3)12-4-6-25(7-5-12)18(26)13-8-14(19)10-15(20)9-13/h8-10,12H,4-7,11H2,1-3H3. The van der Waals surface area contributed by atoms with E-state index in [0.717, 1.165) is 42.7 Å². The highest BCUT2D eigenvalue weighted by atomic mass is 19.1. The Labute approximate surface area is 151 Å². The quantitative estimate of drug-likeness (QED) is 0.836. The summed E-state index contributed by atoms with van der Waals surface area (Å²) in [6.45, 7) is 1.76. The van der Waals surface area contributed by atoms with Gasteiger partial charge in [-0.3, -0.25) is 4.79 Å². The predicted octanol–water partition coefficient (Wildman–Crippen LogP) is 2.17. The van der Waals surface area contributed by atoms with Crippen LogP contribution in [0.1, 0.15) is 40.8 Å². The van der Waals surface area contributed by atoms with Crippen LogP contribution in [0.5, 0.6) is 0 Å². The van der Waals surface area contributed by atoms with Crippen LogP contribution >= 0.6 is 0 Å². The molecule has 0 saturated carbocycles. The number of rotatable bonds is 4. The molecule has 2 heterocycles. The molecule has 0 spiro atoms. The Morgan fingerprint density at radius 1 is 1.15 bits per heavy atom. The summed E-state index contributed by atoms with van der Waals surface area (Å²) in [6, 6.07) is 2.92. The summed E-state index contributed by atoms with van der Waals surface area (Å²) in [6.07, 6.45) is 1.49. The second-order valence-electron chi connectivity index (χ2n) is 7.00. The molecule has 0 radical (unpaired) electrons. The van der Waals surface area contributed by atoms with Gasteiger partial charge in [-0.25, -0.2) is 8.78 Å². The maximum Gasteiger partial charge on any atom is 0.254 e. The topological polar surface area (TPSA) is 54.3 Å². The smallest absolute Gasteiger partial charge is 0.254 e. The largest absolute Gasteiger partial charge is 0.339 e. The zero-order chi connectivity index (χ0) is 18.8. The number of carbonyl (C=O) groups excluding carboxylic acids is 1. The molecule has 1 fully saturated rings. The second-order valence-corrected chi connectivity index (χ2v) is 7.00. The normalized spacial score (nSPS) is 15.7. The molecule has 0 atom stereocenters. The third kappa shape index (κ3) is 3.90. The van der Waals surface area contributed by atoms with E-state index in [2.05, 4.69) is 10.2 Å². The van der Waals surface area contributed by atoms with Gasteiger partial charge < -0.3 is 14.4 Å². The van der Waals surface area contributed by atoms with Gasteiger partial charge in [-0.2, -0.15) is 0 Å². The van der Waals surface area contributed by atoms with E-state index in [9.17, 15) is 13.6 Å². The molecule has 0 aliphatic carbocycles. The van der Waals surface area contributed by atoms with Crippen LogP contribution < -0.4 is 0 Å². The summed E-state index contributed by atoms with van der Waals surface area (Å²) in [7, 11) is 5.92. The highest BCUT2D eigenvalue weighted by Crippen LogP contribution is 2.28. The van der Waals surface area contributed by atoms with Crippen LogP contribution in [-0.2, 0) is 13.6 Å². The zero-order valence-corrected chi connectivity index (χ0v) is 15.2. The van der Waals surface area contributed by atoms with Crippen LogP contribution in [0, 0.1) is 11.6 Å². The average Bonchev–Trinajstić information content (AvgIpc) is 2.93. The molecular weight excluding hydrogens is 340 g/mol. The number of aromatic nitrogens is 3. The number of likely N-dealkylation sites (tertiary alicyclic amines) is 1. The van der Waals surface area contributed by atoms with Crippen molar-refractivity contribution < 1.29 is 13.6 Å². The van der Waals surface area contributed by atoms with Gasteiger partial charge in [0.25, 0.3) is 5.91 Å². The Hall–Kier alpha value is -2.35. The number of benzene rings is 1. The van der Waals surface area contributed by atoms with Gasteiger partial charge in [0, 0.05) is 37.7 Å². The molecule has 0 N–H and O–H groups in total. The van der Waals surface area contributed by atoms with Crippen molar-refractivity contribution in [2.75, 3.05) is 27.2 Å². The summed E-state index contributed by atoms with van der Waals surface area (Å²) >= 11 is 0. The molecule has 1 aliphatic heterocycles. The lowest BCUT2D eigenvalue weighted by Crippen LogP contribution is -2.38. The van der Waals surface area contributed by atoms with E-state index in [4.69, 9.17) is 0 Å². The van der Waals surface area contributed by atoms with Crippen LogP contribution in [-0.4, -0.2) is 57.7 Å². The van der Waals surface area contributed by atoms with E-state index in [1.54, 1.807) is 4.90 Å². The summed E-state index contributed by atoms with van der Waals surface area (Å²) in [5.74, 6) is 0.223. The summed E-state index contributed by atoms with van der Waals surface area (Å²) in [5, 5.41) is 8.59. The molecule has 6 nitrogen and oxygen atoms in total. The second kappa shape index (κ2) is 7.49. The molecule has 1 aromatic heterocycles. The van der Waals surface area contributed by atoms with E-state index in [1.165, 1.54) is 0 Å². The zero-order valence-electron chi connectivity index (χ0n) is 15.2. The highest BCUT2D eigenvalue weighted by molar-refractivity contribution is 5.94. The lowest BCUT2D eigenvalue weighted by molar-refractivity contribution is 0.0709. The SMILES string of the molecule is CN(C)Cc1nnc(C2CCN(C(=O)c3cc(F)cc(F)c3)CC2)n1C. The molecule has 0 unspecified atom stereocenters. The van der Waals surface area contributed by atoms with Gasteiger partial charge in [0.05, 0.1) is 6.54 Å². The van der Waals surface area contributed by atoms with Crippen LogP contribution in [0.3, 0.4) is 0 Å². The summed E-state index contributed by atoms with van der Waals surface area (Å²) < 4.78 is 28.7. The minimum absolute atomic E-state index is 0.0490. The lowest BCUT2D eigenvalue weighted by atomic mass is 9.95. The van der Waals surface area contributed by atoms with E-state index in [1.807, 2.05) is 30.6 Å². The van der Waals surface area contributed by atoms with Gasteiger partial charge in [-0.15, -0.1) is 10.2 Å². The van der Waals surface area contributed by atoms with Crippen LogP contribution in [0.15, 0.2) is 18.2 Å². The Balaban J connectivity index is 1.66. The van der Waals surface area contributed by atoms with Crippen LogP contribution in [0.4, 0.5) is 8.78 Å². The third-order valence-corrected chi connectivity index (χ3v) is 4.71. The van der Waals surface area contributed by atoms with Gasteiger partial charge in [0.1, 0.15) is 23.3 Å². The Bertz CT molecular complexity index is 777. The van der Waals surface area contributed by atoms with Gasteiger partial charge in [0.2, 0.25) is 0 Å². The van der Waals surface area contributed by atoms with Crippen molar-refractivity contribution in [3.63, 3.8) is 0 Å². The Morgan fingerprint density at radius 2 is 1.77 bits per heavy atom. The maximum absolute atomic E-state index is 13.3. The summed E-state index contributed by atoms with van der Waals surface area (Å²) in [5.41, 5.74) is 0.0490. The molecule has 140 valence electrons. The van der Waals surface area contributed by atoms with Crippen LogP contribution in [0.25, 0.3) is 0 Å². The molecule has 8 heteroatoms. The van der Waals surface area contributed by atoms with Crippen molar-refractivity contribution in [1.82, 2.24) is 24.6 Å². The number of amides is 1. The fourth-order valence-electron chi connectivity index (χ4n) is 3.35. The first-order valence-electron chi connectivity index (χ1n) is 8.63. The van der Waals surface area contributed by atoms with Gasteiger partial charge in [-0.1, -0.05) is 0 Å². The molecule has 1 saturated heterocycles. The number of carbonyl (C=O) groups is 1. The summed E-state index contributed by atoms with van der Waals surface area (Å²) in [4.78, 5) is 16.2. The average molecular weight is 363 g/mol. The molecule has 1 aliphatic rings. The minimum atomic E-state index is -0.740. The predicted molar refractivity (Wildman–Crippen MR) is 92.6 cm³/mol. The molecule has 26 heavy (non-hydrogen) atoms. The number of piperidine rings is 1. The van der Waals surface area contributed by atoms with Crippen molar-refractivity contribution in [2.24, 2.45) is 7.05 Å². The van der Waals surface area contributed by atoms with E-state index in [-0.39, 0.29) is 17.4 Å². The highest BCUT2D eigenvalue weighted by Gasteiger charge is 2.28. The number of nitrogens with zero attached hydrogens (tertiary/aromatic N) is 5. The van der Waals surface area contributed by atoms with Crippen molar-refractivity contribution in [3.8, 4) is 0 Å². The Kier molecular flexibility index (Phi) is 5.31. The lowest BCUT2D eigenvalue weighted by Gasteiger charge is -2.31. The molecule has 0 bridgehead atoms. The third-order valence-electron chi connectivity index (χ3n) is 4.71. The maximum atomic E-state index is 13.3. The fraction of sp³-hybridized carbons (Fsp3) is 0.500. The number of hydrogen-bond acceptors (Lipinski definition) is 4. The molecule has 1 aromatic carbocycles. The monoisotopic (exact) mass is 363 g/mol. The van der Waals surface area contributed by atoms with Crippen molar-refractivity contribution in [3.05, 3.63) is 47.0 Å². The van der Waals surface area contributed by atoms with Crippen molar-refractivity contribution in [1.29, 1.82) is 0 Å². The van der Waals surface area contributed by atoms with Crippen molar-refractivity contribution >= 4 is 5.91 Å². The first kappa shape index (κ1) is 18.4. The van der Waals surface area contributed by atoms with E-state index in [0.29, 0.717) is 19.6 Å². The molecule has 1 amide bonds. The minimum Gasteiger partial charge on any atom is -0.339 e.